The predicted molar refractivity (Wildman–Crippen MR) is 162 cm³/mol. The molecule has 11 nitrogen and oxygen atoms in total. The van der Waals surface area contributed by atoms with Gasteiger partial charge in [0.1, 0.15) is 23.4 Å². The standard InChI is InChI=1S/C30H34ClFN2O9S/c1-5-42-25-10-9-19(43-14-28(39)41-4)11-18(25)12-26(36)34-29(17(2)3)30(40)33-23(13-27(37)38)24(35)16-44-15-20-21(31)7-6-8-22(20)32/h6-11,13,17,29H,5,12,14-16H2,1-4H3,(H,33,40)(H,34,36)(H,37,38)/b23-13+/t29-/m0/s1. The summed E-state index contributed by atoms with van der Waals surface area (Å²) in [6.45, 7) is 5.06. The summed E-state index contributed by atoms with van der Waals surface area (Å²) in [5, 5.41) is 14.4. The van der Waals surface area contributed by atoms with Gasteiger partial charge in [-0.2, -0.15) is 0 Å². The first-order valence-corrected chi connectivity index (χ1v) is 14.9. The van der Waals surface area contributed by atoms with Gasteiger partial charge in [0.2, 0.25) is 11.8 Å². The number of benzene rings is 2. The first kappa shape index (κ1) is 36.1. The number of ketones is 1. The predicted octanol–water partition coefficient (Wildman–Crippen LogP) is 3.70. The molecule has 2 rings (SSSR count). The minimum Gasteiger partial charge on any atom is -0.494 e. The molecule has 0 saturated heterocycles. The minimum atomic E-state index is -1.47. The number of halogens is 2. The summed E-state index contributed by atoms with van der Waals surface area (Å²) in [6.07, 6.45) is 0.331. The molecule has 2 aromatic rings. The number of carboxylic acid groups (broad SMARTS) is 1. The number of amides is 2. The van der Waals surface area contributed by atoms with E-state index in [-0.39, 0.29) is 40.9 Å². The van der Waals surface area contributed by atoms with Crippen LogP contribution in [0.2, 0.25) is 5.02 Å². The first-order chi connectivity index (χ1) is 20.9. The van der Waals surface area contributed by atoms with E-state index in [0.29, 0.717) is 24.0 Å². The zero-order valence-corrected chi connectivity index (χ0v) is 26.2. The SMILES string of the molecule is CCOc1ccc(OCC(=O)OC)cc1CC(=O)N[C@H](C(=O)N/C(=C/C(=O)O)C(=O)CSCc1c(F)cccc1Cl)C(C)C. The third-order valence-corrected chi connectivity index (χ3v) is 7.21. The molecule has 3 N–H and O–H groups in total. The van der Waals surface area contributed by atoms with Gasteiger partial charge in [0.15, 0.2) is 12.4 Å². The van der Waals surface area contributed by atoms with Crippen molar-refractivity contribution in [3.05, 3.63) is 70.1 Å². The van der Waals surface area contributed by atoms with Gasteiger partial charge in [-0.25, -0.2) is 14.0 Å². The van der Waals surface area contributed by atoms with Crippen LogP contribution in [0.15, 0.2) is 48.2 Å². The zero-order chi connectivity index (χ0) is 32.8. The quantitative estimate of drug-likeness (QED) is 0.170. The molecule has 44 heavy (non-hydrogen) atoms. The van der Waals surface area contributed by atoms with Crippen molar-refractivity contribution < 1.29 is 47.7 Å². The molecule has 0 spiro atoms. The second-order valence-electron chi connectivity index (χ2n) is 9.54. The Labute approximate surface area is 263 Å². The minimum absolute atomic E-state index is 0.0366. The molecule has 14 heteroatoms. The third kappa shape index (κ3) is 11.5. The maximum absolute atomic E-state index is 14.0. The van der Waals surface area contributed by atoms with Gasteiger partial charge in [-0.15, -0.1) is 11.8 Å². The molecule has 0 radical (unpaired) electrons. The number of nitrogens with one attached hydrogen (secondary N) is 2. The summed E-state index contributed by atoms with van der Waals surface area (Å²) in [5.41, 5.74) is 0.113. The lowest BCUT2D eigenvalue weighted by Crippen LogP contribution is -2.50. The van der Waals surface area contributed by atoms with Crippen molar-refractivity contribution in [3.8, 4) is 11.5 Å². The second-order valence-corrected chi connectivity index (χ2v) is 10.9. The number of thioether (sulfide) groups is 1. The summed E-state index contributed by atoms with van der Waals surface area (Å²) < 4.78 is 29.6. The van der Waals surface area contributed by atoms with E-state index < -0.39 is 53.0 Å². The van der Waals surface area contributed by atoms with Gasteiger partial charge in [-0.1, -0.05) is 31.5 Å². The monoisotopic (exact) mass is 652 g/mol. The molecule has 0 aromatic heterocycles. The largest absolute Gasteiger partial charge is 0.494 e. The van der Waals surface area contributed by atoms with E-state index in [1.165, 1.54) is 31.4 Å². The number of aliphatic carboxylic acids is 1. The Morgan fingerprint density at radius 3 is 2.45 bits per heavy atom. The number of methoxy groups -OCH3 is 1. The van der Waals surface area contributed by atoms with Gasteiger partial charge in [-0.05, 0) is 43.2 Å². The summed E-state index contributed by atoms with van der Waals surface area (Å²) in [6, 6.07) is 7.71. The Morgan fingerprint density at radius 2 is 1.84 bits per heavy atom. The maximum Gasteiger partial charge on any atom is 0.343 e. The average molecular weight is 653 g/mol. The van der Waals surface area contributed by atoms with E-state index in [1.807, 2.05) is 0 Å². The maximum atomic E-state index is 14.0. The number of hydrogen-bond acceptors (Lipinski definition) is 9. The van der Waals surface area contributed by atoms with Gasteiger partial charge < -0.3 is 30.0 Å². The van der Waals surface area contributed by atoms with Crippen LogP contribution in [0.5, 0.6) is 11.5 Å². The molecule has 1 atom stereocenters. The van der Waals surface area contributed by atoms with Gasteiger partial charge in [0.05, 0.1) is 37.7 Å². The fourth-order valence-corrected chi connectivity index (χ4v) is 4.98. The molecule has 0 saturated carbocycles. The smallest absolute Gasteiger partial charge is 0.343 e. The molecular weight excluding hydrogens is 619 g/mol. The van der Waals surface area contributed by atoms with E-state index in [2.05, 4.69) is 15.4 Å². The molecule has 0 aliphatic heterocycles. The van der Waals surface area contributed by atoms with Crippen LogP contribution in [-0.2, 0) is 40.9 Å². The first-order valence-electron chi connectivity index (χ1n) is 13.4. The lowest BCUT2D eigenvalue weighted by molar-refractivity contribution is -0.143. The highest BCUT2D eigenvalue weighted by Gasteiger charge is 2.27. The highest BCUT2D eigenvalue weighted by Crippen LogP contribution is 2.26. The highest BCUT2D eigenvalue weighted by atomic mass is 35.5. The Morgan fingerprint density at radius 1 is 1.11 bits per heavy atom. The van der Waals surface area contributed by atoms with E-state index in [0.717, 1.165) is 11.8 Å². The number of esters is 1. The average Bonchev–Trinajstić information content (AvgIpc) is 2.96. The summed E-state index contributed by atoms with van der Waals surface area (Å²) in [5.74, 6) is -4.74. The van der Waals surface area contributed by atoms with Crippen LogP contribution in [0.1, 0.15) is 31.9 Å². The van der Waals surface area contributed by atoms with Crippen LogP contribution in [0, 0.1) is 11.7 Å². The third-order valence-electron chi connectivity index (χ3n) is 5.90. The number of rotatable bonds is 17. The molecule has 238 valence electrons. The number of carbonyl (C=O) groups is 5. The van der Waals surface area contributed by atoms with Crippen LogP contribution in [0.4, 0.5) is 4.39 Å². The Balaban J connectivity index is 2.13. The number of ether oxygens (including phenoxy) is 3. The van der Waals surface area contributed by atoms with Crippen molar-refractivity contribution >= 4 is 52.9 Å². The van der Waals surface area contributed by atoms with Gasteiger partial charge in [0.25, 0.3) is 0 Å². The lowest BCUT2D eigenvalue weighted by Gasteiger charge is -2.22. The molecule has 0 unspecified atom stereocenters. The Hall–Kier alpha value is -4.10. The number of allylic oxidation sites excluding steroid dienone is 1. The van der Waals surface area contributed by atoms with Crippen molar-refractivity contribution in [2.75, 3.05) is 26.1 Å². The van der Waals surface area contributed by atoms with Gasteiger partial charge >= 0.3 is 11.9 Å². The van der Waals surface area contributed by atoms with Crippen molar-refractivity contribution in [1.29, 1.82) is 0 Å². The van der Waals surface area contributed by atoms with Crippen molar-refractivity contribution in [2.24, 2.45) is 5.92 Å². The van der Waals surface area contributed by atoms with Crippen molar-refractivity contribution in [3.63, 3.8) is 0 Å². The number of hydrogen-bond donors (Lipinski definition) is 3. The molecule has 0 bridgehead atoms. The lowest BCUT2D eigenvalue weighted by atomic mass is 10.0. The second kappa shape index (κ2) is 17.9. The van der Waals surface area contributed by atoms with Crippen LogP contribution < -0.4 is 20.1 Å². The Kier molecular flexibility index (Phi) is 14.7. The van der Waals surface area contributed by atoms with E-state index in [9.17, 15) is 33.5 Å². The normalized spacial score (nSPS) is 11.8. The van der Waals surface area contributed by atoms with Crippen LogP contribution in [-0.4, -0.2) is 66.8 Å². The topological polar surface area (TPSA) is 157 Å². The van der Waals surface area contributed by atoms with Crippen molar-refractivity contribution in [2.45, 2.75) is 39.0 Å². The number of carbonyl (C=O) groups excluding carboxylic acids is 4. The molecule has 0 aliphatic carbocycles. The molecule has 2 aromatic carbocycles. The Bertz CT molecular complexity index is 1380. The number of Topliss-reactive ketones (excluding diaryl/α,β-unsaturated/α-hetero) is 1. The molecule has 2 amide bonds. The van der Waals surface area contributed by atoms with Crippen molar-refractivity contribution in [1.82, 2.24) is 10.6 Å². The molecular formula is C30H34ClFN2O9S. The fraction of sp³-hybridized carbons (Fsp3) is 0.367. The van der Waals surface area contributed by atoms with Crippen LogP contribution in [0.3, 0.4) is 0 Å². The molecule has 0 heterocycles. The molecule has 0 aliphatic rings. The number of carboxylic acids is 1. The van der Waals surface area contributed by atoms with Crippen LogP contribution >= 0.6 is 23.4 Å². The van der Waals surface area contributed by atoms with E-state index >= 15 is 0 Å². The van der Waals surface area contributed by atoms with E-state index in [4.69, 9.17) is 21.1 Å². The summed E-state index contributed by atoms with van der Waals surface area (Å²) in [7, 11) is 1.22. The van der Waals surface area contributed by atoms with E-state index in [1.54, 1.807) is 32.9 Å². The zero-order valence-electron chi connectivity index (χ0n) is 24.6. The van der Waals surface area contributed by atoms with Gasteiger partial charge in [-0.3, -0.25) is 14.4 Å². The summed E-state index contributed by atoms with van der Waals surface area (Å²) in [4.78, 5) is 61.9. The highest BCUT2D eigenvalue weighted by molar-refractivity contribution is 7.99. The molecule has 0 fully saturated rings. The van der Waals surface area contributed by atoms with Gasteiger partial charge in [0, 0.05) is 21.9 Å². The summed E-state index contributed by atoms with van der Waals surface area (Å²) >= 11 is 7.00. The van der Waals surface area contributed by atoms with Crippen LogP contribution in [0.25, 0.3) is 0 Å². The fourth-order valence-electron chi connectivity index (χ4n) is 3.73.